The van der Waals surface area contributed by atoms with Gasteiger partial charge in [0, 0.05) is 13.2 Å². The lowest BCUT2D eigenvalue weighted by atomic mass is 10.3. The van der Waals surface area contributed by atoms with E-state index in [9.17, 15) is 9.59 Å². The summed E-state index contributed by atoms with van der Waals surface area (Å²) in [6.45, 7) is 2.55. The highest BCUT2D eigenvalue weighted by molar-refractivity contribution is 8.01. The first kappa shape index (κ1) is 17.5. The van der Waals surface area contributed by atoms with Gasteiger partial charge in [-0.1, -0.05) is 11.8 Å². The van der Waals surface area contributed by atoms with Gasteiger partial charge < -0.3 is 9.30 Å². The molecule has 0 fully saturated rings. The quantitative estimate of drug-likeness (QED) is 0.670. The molecule has 0 aliphatic rings. The second kappa shape index (κ2) is 7.71. The van der Waals surface area contributed by atoms with Crippen molar-refractivity contribution in [1.82, 2.24) is 14.9 Å². The zero-order chi connectivity index (χ0) is 17.8. The van der Waals surface area contributed by atoms with Crippen molar-refractivity contribution in [3.05, 3.63) is 42.2 Å². The number of carbonyl (C=O) groups is 2. The fourth-order valence-corrected chi connectivity index (χ4v) is 4.15. The van der Waals surface area contributed by atoms with Gasteiger partial charge in [-0.2, -0.15) is 0 Å². The molecule has 0 bridgehead atoms. The minimum absolute atomic E-state index is 0.133. The molecule has 0 atom stereocenters. The smallest absolute Gasteiger partial charge is 0.274 e. The van der Waals surface area contributed by atoms with Gasteiger partial charge in [-0.25, -0.2) is 4.98 Å². The van der Waals surface area contributed by atoms with Crippen molar-refractivity contribution in [1.29, 1.82) is 0 Å². The van der Waals surface area contributed by atoms with Crippen LogP contribution in [0.15, 0.2) is 40.9 Å². The van der Waals surface area contributed by atoms with Gasteiger partial charge in [0.05, 0.1) is 22.6 Å². The van der Waals surface area contributed by atoms with Gasteiger partial charge >= 0.3 is 0 Å². The number of amides is 2. The highest BCUT2D eigenvalue weighted by atomic mass is 32.2. The molecule has 0 unspecified atom stereocenters. The zero-order valence-electron chi connectivity index (χ0n) is 13.8. The third kappa shape index (κ3) is 4.21. The lowest BCUT2D eigenvalue weighted by Gasteiger charge is -2.04. The fraction of sp³-hybridized carbons (Fsp3) is 0.235. The Morgan fingerprint density at radius 3 is 2.92 bits per heavy atom. The number of hydrogen-bond acceptors (Lipinski definition) is 6. The normalized spacial score (nSPS) is 10.8. The Balaban J connectivity index is 1.59. The van der Waals surface area contributed by atoms with E-state index in [4.69, 9.17) is 4.74 Å². The van der Waals surface area contributed by atoms with Crippen LogP contribution in [-0.4, -0.2) is 33.7 Å². The molecular weight excluding hydrogens is 358 g/mol. The summed E-state index contributed by atoms with van der Waals surface area (Å²) < 4.78 is 8.94. The molecule has 25 heavy (non-hydrogen) atoms. The molecule has 0 aliphatic carbocycles. The number of rotatable bonds is 6. The Morgan fingerprint density at radius 1 is 1.36 bits per heavy atom. The number of ether oxygens (including phenoxy) is 1. The number of imide groups is 1. The summed E-state index contributed by atoms with van der Waals surface area (Å²) >= 11 is 2.81. The van der Waals surface area contributed by atoms with Gasteiger partial charge in [-0.15, -0.1) is 11.3 Å². The number of carbonyl (C=O) groups excluding carboxylic acids is 2. The summed E-state index contributed by atoms with van der Waals surface area (Å²) in [4.78, 5) is 28.5. The molecule has 0 saturated heterocycles. The van der Waals surface area contributed by atoms with Gasteiger partial charge in [0.15, 0.2) is 4.34 Å². The predicted molar refractivity (Wildman–Crippen MR) is 99.4 cm³/mol. The van der Waals surface area contributed by atoms with Crippen LogP contribution in [0.1, 0.15) is 17.4 Å². The number of thiazole rings is 1. The second-order valence-corrected chi connectivity index (χ2v) is 7.47. The molecule has 2 heterocycles. The lowest BCUT2D eigenvalue weighted by molar-refractivity contribution is -0.117. The van der Waals surface area contributed by atoms with E-state index in [2.05, 4.69) is 10.3 Å². The predicted octanol–water partition coefficient (Wildman–Crippen LogP) is 3.08. The van der Waals surface area contributed by atoms with E-state index in [1.807, 2.05) is 25.1 Å². The van der Waals surface area contributed by atoms with Crippen LogP contribution < -0.4 is 10.1 Å². The molecule has 130 valence electrons. The van der Waals surface area contributed by atoms with E-state index in [0.29, 0.717) is 12.3 Å². The van der Waals surface area contributed by atoms with Crippen LogP contribution in [-0.2, 0) is 11.8 Å². The van der Waals surface area contributed by atoms with Crippen molar-refractivity contribution < 1.29 is 14.3 Å². The van der Waals surface area contributed by atoms with E-state index < -0.39 is 5.91 Å². The average molecular weight is 375 g/mol. The summed E-state index contributed by atoms with van der Waals surface area (Å²) in [5.41, 5.74) is 1.32. The Morgan fingerprint density at radius 2 is 2.20 bits per heavy atom. The monoisotopic (exact) mass is 375 g/mol. The van der Waals surface area contributed by atoms with Crippen LogP contribution in [0.3, 0.4) is 0 Å². The Hall–Kier alpha value is -2.32. The standard InChI is InChI=1S/C17H17N3O3S2/c1-3-23-11-6-7-12-14(9-11)25-17(18-12)24-10-15(21)19-16(22)13-5-4-8-20(13)2/h4-9H,3,10H2,1-2H3,(H,19,21,22). The van der Waals surface area contributed by atoms with Crippen molar-refractivity contribution in [2.75, 3.05) is 12.4 Å². The second-order valence-electron chi connectivity index (χ2n) is 5.21. The van der Waals surface area contributed by atoms with Gasteiger partial charge in [0.2, 0.25) is 5.91 Å². The van der Waals surface area contributed by atoms with Crippen LogP contribution in [0.5, 0.6) is 5.75 Å². The molecule has 0 saturated carbocycles. The summed E-state index contributed by atoms with van der Waals surface area (Å²) in [6.07, 6.45) is 1.76. The minimum Gasteiger partial charge on any atom is -0.494 e. The molecule has 1 aromatic carbocycles. The number of fused-ring (bicyclic) bond motifs is 1. The number of aromatic nitrogens is 2. The van der Waals surface area contributed by atoms with Crippen LogP contribution in [0.2, 0.25) is 0 Å². The van der Waals surface area contributed by atoms with Crippen LogP contribution >= 0.6 is 23.1 Å². The SMILES string of the molecule is CCOc1ccc2nc(SCC(=O)NC(=O)c3cccn3C)sc2c1. The van der Waals surface area contributed by atoms with Crippen molar-refractivity contribution in [2.24, 2.45) is 7.05 Å². The third-order valence-corrected chi connectivity index (χ3v) is 5.57. The first-order chi connectivity index (χ1) is 12.1. The largest absolute Gasteiger partial charge is 0.494 e. The summed E-state index contributed by atoms with van der Waals surface area (Å²) in [6, 6.07) is 9.15. The molecule has 0 radical (unpaired) electrons. The van der Waals surface area contributed by atoms with Crippen LogP contribution in [0, 0.1) is 0 Å². The number of hydrogen-bond donors (Lipinski definition) is 1. The third-order valence-electron chi connectivity index (χ3n) is 3.41. The zero-order valence-corrected chi connectivity index (χ0v) is 15.4. The van der Waals surface area contributed by atoms with Crippen LogP contribution in [0.4, 0.5) is 0 Å². The molecule has 2 amide bonds. The maximum Gasteiger partial charge on any atom is 0.274 e. The van der Waals surface area contributed by atoms with Crippen LogP contribution in [0.25, 0.3) is 10.2 Å². The van der Waals surface area contributed by atoms with Gasteiger partial charge in [-0.05, 0) is 37.3 Å². The molecule has 3 aromatic rings. The van der Waals surface area contributed by atoms with E-state index in [-0.39, 0.29) is 11.7 Å². The number of thioether (sulfide) groups is 1. The van der Waals surface area contributed by atoms with E-state index in [0.717, 1.165) is 20.3 Å². The van der Waals surface area contributed by atoms with E-state index in [1.54, 1.807) is 29.9 Å². The Labute approximate surface area is 153 Å². The number of nitrogens with zero attached hydrogens (tertiary/aromatic N) is 2. The number of nitrogens with one attached hydrogen (secondary N) is 1. The fourth-order valence-electron chi connectivity index (χ4n) is 2.25. The van der Waals surface area contributed by atoms with Crippen molar-refractivity contribution in [3.63, 3.8) is 0 Å². The Kier molecular flexibility index (Phi) is 5.40. The maximum absolute atomic E-state index is 12.0. The van der Waals surface area contributed by atoms with E-state index >= 15 is 0 Å². The highest BCUT2D eigenvalue weighted by Crippen LogP contribution is 2.31. The average Bonchev–Trinajstić information content (AvgIpc) is 3.18. The first-order valence-corrected chi connectivity index (χ1v) is 9.48. The number of benzene rings is 1. The highest BCUT2D eigenvalue weighted by Gasteiger charge is 2.14. The van der Waals surface area contributed by atoms with Crippen molar-refractivity contribution >= 4 is 45.1 Å². The lowest BCUT2D eigenvalue weighted by Crippen LogP contribution is -2.32. The topological polar surface area (TPSA) is 73.2 Å². The molecular formula is C17H17N3O3S2. The molecule has 6 nitrogen and oxygen atoms in total. The van der Waals surface area contributed by atoms with Gasteiger partial charge in [-0.3, -0.25) is 14.9 Å². The summed E-state index contributed by atoms with van der Waals surface area (Å²) in [5.74, 6) is 0.198. The van der Waals surface area contributed by atoms with E-state index in [1.165, 1.54) is 23.1 Å². The Bertz CT molecular complexity index is 917. The molecule has 0 aliphatic heterocycles. The molecule has 1 N–H and O–H groups in total. The first-order valence-electron chi connectivity index (χ1n) is 7.68. The summed E-state index contributed by atoms with van der Waals surface area (Å²) in [5, 5.41) is 2.39. The van der Waals surface area contributed by atoms with Crippen molar-refractivity contribution in [3.8, 4) is 5.75 Å². The molecule has 0 spiro atoms. The van der Waals surface area contributed by atoms with Gasteiger partial charge in [0.1, 0.15) is 11.4 Å². The molecule has 3 rings (SSSR count). The van der Waals surface area contributed by atoms with Gasteiger partial charge in [0.25, 0.3) is 5.91 Å². The molecule has 2 aromatic heterocycles. The minimum atomic E-state index is -0.399. The maximum atomic E-state index is 12.0. The van der Waals surface area contributed by atoms with Crippen molar-refractivity contribution in [2.45, 2.75) is 11.3 Å². The summed E-state index contributed by atoms with van der Waals surface area (Å²) in [7, 11) is 1.76. The molecule has 8 heteroatoms. The number of aryl methyl sites for hydroxylation is 1.